The molecule has 1 aliphatic rings. The largest absolute Gasteiger partial charge is 0.311 e. The van der Waals surface area contributed by atoms with Gasteiger partial charge in [-0.25, -0.2) is 4.39 Å². The molecular weight excluding hydrogens is 141 g/mol. The van der Waals surface area contributed by atoms with E-state index in [2.05, 4.69) is 11.9 Å². The molecule has 0 heterocycles. The molecule has 0 aromatic heterocycles. The van der Waals surface area contributed by atoms with Gasteiger partial charge in [-0.15, -0.1) is 0 Å². The summed E-state index contributed by atoms with van der Waals surface area (Å²) in [7, 11) is 0. The molecule has 2 atom stereocenters. The van der Waals surface area contributed by atoms with Crippen LogP contribution in [0.5, 0.6) is 0 Å². The second-order valence-electron chi connectivity index (χ2n) is 3.17. The number of rotatable bonds is 2. The quantitative estimate of drug-likeness (QED) is 0.605. The van der Waals surface area contributed by atoms with Crippen molar-refractivity contribution in [3.63, 3.8) is 0 Å². The Morgan fingerprint density at radius 3 is 3.00 bits per heavy atom. The molecule has 0 radical (unpaired) electrons. The van der Waals surface area contributed by atoms with Crippen LogP contribution in [0.15, 0.2) is 12.2 Å². The van der Waals surface area contributed by atoms with Crippen LogP contribution in [0, 0.1) is 0 Å². The van der Waals surface area contributed by atoms with E-state index < -0.39 is 6.17 Å². The summed E-state index contributed by atoms with van der Waals surface area (Å²) >= 11 is 0. The Bertz CT molecular complexity index is 144. The zero-order valence-electron chi connectivity index (χ0n) is 7.07. The molecule has 64 valence electrons. The predicted molar refractivity (Wildman–Crippen MR) is 45.4 cm³/mol. The van der Waals surface area contributed by atoms with E-state index in [1.54, 1.807) is 0 Å². The van der Waals surface area contributed by atoms with Crippen molar-refractivity contribution in [1.82, 2.24) is 5.32 Å². The van der Waals surface area contributed by atoms with Gasteiger partial charge in [-0.3, -0.25) is 0 Å². The third kappa shape index (κ3) is 2.29. The molecule has 0 amide bonds. The first-order chi connectivity index (χ1) is 5.24. The van der Waals surface area contributed by atoms with Gasteiger partial charge in [-0.05, 0) is 19.4 Å². The summed E-state index contributed by atoms with van der Waals surface area (Å²) in [6, 6.07) is 0.0745. The maximum absolute atomic E-state index is 13.2. The highest BCUT2D eigenvalue weighted by atomic mass is 19.1. The molecule has 1 nitrogen and oxygen atoms in total. The Hall–Kier alpha value is -0.370. The first kappa shape index (κ1) is 8.72. The van der Waals surface area contributed by atoms with Gasteiger partial charge in [-0.2, -0.15) is 0 Å². The van der Waals surface area contributed by atoms with E-state index in [1.807, 2.05) is 6.92 Å². The normalized spacial score (nSPS) is 32.4. The molecular formula is C9H16FN. The first-order valence-electron chi connectivity index (χ1n) is 4.28. The van der Waals surface area contributed by atoms with E-state index in [4.69, 9.17) is 0 Å². The summed E-state index contributed by atoms with van der Waals surface area (Å²) in [5.74, 6) is 0. The summed E-state index contributed by atoms with van der Waals surface area (Å²) in [5, 5.41) is 3.14. The van der Waals surface area contributed by atoms with Gasteiger partial charge in [0.05, 0.1) is 0 Å². The maximum atomic E-state index is 13.2. The molecule has 1 rings (SSSR count). The van der Waals surface area contributed by atoms with E-state index in [-0.39, 0.29) is 6.04 Å². The molecule has 0 aromatic rings. The lowest BCUT2D eigenvalue weighted by molar-refractivity contribution is 0.219. The predicted octanol–water partition coefficient (Wildman–Crippen LogP) is 2.04. The van der Waals surface area contributed by atoms with E-state index >= 15 is 0 Å². The Kier molecular flexibility index (Phi) is 3.06. The molecule has 2 heteroatoms. The van der Waals surface area contributed by atoms with Gasteiger partial charge in [0.2, 0.25) is 0 Å². The molecule has 1 fully saturated rings. The minimum Gasteiger partial charge on any atom is -0.311 e. The summed E-state index contributed by atoms with van der Waals surface area (Å²) in [5.41, 5.74) is 1.06. The second kappa shape index (κ2) is 3.86. The standard InChI is InChI=1S/C9H16FN/c1-3-11-9-5-4-7(2)6-8(9)10/h8-9,11H,2-6H2,1H3. The van der Waals surface area contributed by atoms with Crippen LogP contribution in [0.1, 0.15) is 26.2 Å². The Balaban J connectivity index is 2.37. The number of halogens is 1. The lowest BCUT2D eigenvalue weighted by Crippen LogP contribution is -2.40. The minimum atomic E-state index is -0.712. The minimum absolute atomic E-state index is 0.0745. The monoisotopic (exact) mass is 157 g/mol. The van der Waals surface area contributed by atoms with Gasteiger partial charge in [0, 0.05) is 12.5 Å². The van der Waals surface area contributed by atoms with Crippen molar-refractivity contribution in [2.24, 2.45) is 0 Å². The lowest BCUT2D eigenvalue weighted by atomic mass is 9.90. The lowest BCUT2D eigenvalue weighted by Gasteiger charge is -2.27. The average Bonchev–Trinajstić information content (AvgIpc) is 1.95. The highest BCUT2D eigenvalue weighted by molar-refractivity contribution is 5.04. The van der Waals surface area contributed by atoms with Crippen molar-refractivity contribution in [1.29, 1.82) is 0 Å². The molecule has 0 bridgehead atoms. The van der Waals surface area contributed by atoms with Gasteiger partial charge in [0.15, 0.2) is 0 Å². The Labute approximate surface area is 67.7 Å². The first-order valence-corrected chi connectivity index (χ1v) is 4.28. The maximum Gasteiger partial charge on any atom is 0.119 e. The van der Waals surface area contributed by atoms with Gasteiger partial charge in [-0.1, -0.05) is 19.1 Å². The van der Waals surface area contributed by atoms with Crippen molar-refractivity contribution in [3.8, 4) is 0 Å². The van der Waals surface area contributed by atoms with Crippen LogP contribution in [0.4, 0.5) is 4.39 Å². The van der Waals surface area contributed by atoms with Crippen LogP contribution in [-0.4, -0.2) is 18.8 Å². The molecule has 1 N–H and O–H groups in total. The van der Waals surface area contributed by atoms with Gasteiger partial charge in [0.25, 0.3) is 0 Å². The third-order valence-electron chi connectivity index (χ3n) is 2.20. The van der Waals surface area contributed by atoms with Crippen LogP contribution in [0.3, 0.4) is 0 Å². The molecule has 11 heavy (non-hydrogen) atoms. The van der Waals surface area contributed by atoms with E-state index in [9.17, 15) is 4.39 Å². The molecule has 0 spiro atoms. The topological polar surface area (TPSA) is 12.0 Å². The summed E-state index contributed by atoms with van der Waals surface area (Å²) in [4.78, 5) is 0. The van der Waals surface area contributed by atoms with E-state index in [0.717, 1.165) is 25.0 Å². The van der Waals surface area contributed by atoms with Crippen molar-refractivity contribution in [2.75, 3.05) is 6.54 Å². The molecule has 0 aliphatic heterocycles. The fourth-order valence-electron chi connectivity index (χ4n) is 1.55. The average molecular weight is 157 g/mol. The third-order valence-corrected chi connectivity index (χ3v) is 2.20. The van der Waals surface area contributed by atoms with Crippen molar-refractivity contribution < 1.29 is 4.39 Å². The molecule has 2 unspecified atom stereocenters. The van der Waals surface area contributed by atoms with Gasteiger partial charge >= 0.3 is 0 Å². The number of allylic oxidation sites excluding steroid dienone is 1. The number of hydrogen-bond acceptors (Lipinski definition) is 1. The van der Waals surface area contributed by atoms with Crippen LogP contribution in [-0.2, 0) is 0 Å². The zero-order valence-corrected chi connectivity index (χ0v) is 7.07. The fourth-order valence-corrected chi connectivity index (χ4v) is 1.55. The Morgan fingerprint density at radius 1 is 1.73 bits per heavy atom. The molecule has 0 saturated heterocycles. The van der Waals surface area contributed by atoms with E-state index in [1.165, 1.54) is 0 Å². The molecule has 0 aromatic carbocycles. The number of nitrogens with one attached hydrogen (secondary N) is 1. The van der Waals surface area contributed by atoms with Crippen molar-refractivity contribution in [3.05, 3.63) is 12.2 Å². The van der Waals surface area contributed by atoms with Crippen LogP contribution in [0.2, 0.25) is 0 Å². The van der Waals surface area contributed by atoms with E-state index in [0.29, 0.717) is 6.42 Å². The van der Waals surface area contributed by atoms with Gasteiger partial charge < -0.3 is 5.32 Å². The second-order valence-corrected chi connectivity index (χ2v) is 3.17. The van der Waals surface area contributed by atoms with Crippen molar-refractivity contribution >= 4 is 0 Å². The van der Waals surface area contributed by atoms with Crippen LogP contribution >= 0.6 is 0 Å². The highest BCUT2D eigenvalue weighted by Gasteiger charge is 2.25. The van der Waals surface area contributed by atoms with Gasteiger partial charge in [0.1, 0.15) is 6.17 Å². The Morgan fingerprint density at radius 2 is 2.45 bits per heavy atom. The number of hydrogen-bond donors (Lipinski definition) is 1. The van der Waals surface area contributed by atoms with Crippen LogP contribution < -0.4 is 5.32 Å². The van der Waals surface area contributed by atoms with Crippen molar-refractivity contribution in [2.45, 2.75) is 38.4 Å². The summed E-state index contributed by atoms with van der Waals surface area (Å²) < 4.78 is 13.2. The fraction of sp³-hybridized carbons (Fsp3) is 0.778. The molecule has 1 aliphatic carbocycles. The highest BCUT2D eigenvalue weighted by Crippen LogP contribution is 2.24. The zero-order chi connectivity index (χ0) is 8.27. The smallest absolute Gasteiger partial charge is 0.119 e. The van der Waals surface area contributed by atoms with Crippen LogP contribution in [0.25, 0.3) is 0 Å². The summed E-state index contributed by atoms with van der Waals surface area (Å²) in [6.07, 6.45) is 1.74. The summed E-state index contributed by atoms with van der Waals surface area (Å²) in [6.45, 7) is 6.66. The number of alkyl halides is 1. The SMILES string of the molecule is C=C1CCC(NCC)C(F)C1. The molecule has 1 saturated carbocycles.